The number of nitrogens with zero attached hydrogens (tertiary/aromatic N) is 1. The molecule has 0 unspecified atom stereocenters. The number of pyridine rings is 1. The van der Waals surface area contributed by atoms with E-state index in [0.29, 0.717) is 11.4 Å². The van der Waals surface area contributed by atoms with Crippen molar-refractivity contribution >= 4 is 34.9 Å². The van der Waals surface area contributed by atoms with Gasteiger partial charge in [-0.25, -0.2) is 4.98 Å². The molecule has 6 heteroatoms. The number of esters is 1. The van der Waals surface area contributed by atoms with Crippen molar-refractivity contribution in [3.8, 4) is 0 Å². The highest BCUT2D eigenvalue weighted by Crippen LogP contribution is 2.22. The van der Waals surface area contributed by atoms with Crippen LogP contribution in [0.4, 0.5) is 11.5 Å². The van der Waals surface area contributed by atoms with Crippen LogP contribution >= 0.6 is 11.6 Å². The Balaban J connectivity index is 2.24. The Morgan fingerprint density at radius 3 is 2.59 bits per heavy atom. The minimum absolute atomic E-state index is 0.236. The summed E-state index contributed by atoms with van der Waals surface area (Å²) in [6.07, 6.45) is -0.333. The van der Waals surface area contributed by atoms with Gasteiger partial charge in [-0.15, -0.1) is 0 Å². The highest BCUT2D eigenvalue weighted by Gasteiger charge is 2.17. The predicted molar refractivity (Wildman–Crippen MR) is 84.6 cm³/mol. The second-order valence-electron chi connectivity index (χ2n) is 4.43. The Morgan fingerprint density at radius 1 is 1.18 bits per heavy atom. The molecule has 1 aromatic heterocycles. The molecule has 0 aliphatic rings. The highest BCUT2D eigenvalue weighted by atomic mass is 35.5. The summed E-state index contributed by atoms with van der Waals surface area (Å²) in [6.45, 7) is 1.93. The van der Waals surface area contributed by atoms with Crippen LogP contribution in [0.5, 0.6) is 0 Å². The number of nitrogens with one attached hydrogen (secondary N) is 1. The normalized spacial score (nSPS) is 10.1. The van der Waals surface area contributed by atoms with Gasteiger partial charge >= 0.3 is 5.97 Å². The van der Waals surface area contributed by atoms with E-state index in [0.717, 1.165) is 5.69 Å². The molecule has 0 spiro atoms. The van der Waals surface area contributed by atoms with Gasteiger partial charge in [0.2, 0.25) is 0 Å². The molecular weight excluding hydrogens is 304 g/mol. The van der Waals surface area contributed by atoms with Crippen LogP contribution in [0.3, 0.4) is 0 Å². The topological polar surface area (TPSA) is 68.3 Å². The summed E-state index contributed by atoms with van der Waals surface area (Å²) in [5.74, 6) is -0.623. The fourth-order valence-electron chi connectivity index (χ4n) is 1.85. The number of hydrogen-bond acceptors (Lipinski definition) is 5. The molecule has 0 radical (unpaired) electrons. The minimum Gasteiger partial charge on any atom is -0.466 e. The molecule has 0 aliphatic heterocycles. The molecule has 0 bridgehead atoms. The summed E-state index contributed by atoms with van der Waals surface area (Å²) in [5, 5.41) is 3.29. The molecule has 2 rings (SSSR count). The first-order valence-electron chi connectivity index (χ1n) is 6.77. The SMILES string of the molecule is CCOC(=O)CC(=O)c1ccc(Cl)nc1Nc1ccccc1. The van der Waals surface area contributed by atoms with E-state index in [2.05, 4.69) is 10.3 Å². The van der Waals surface area contributed by atoms with Gasteiger partial charge in [0.25, 0.3) is 0 Å². The number of halogens is 1. The van der Waals surface area contributed by atoms with Crippen molar-refractivity contribution < 1.29 is 14.3 Å². The maximum absolute atomic E-state index is 12.2. The lowest BCUT2D eigenvalue weighted by atomic mass is 10.1. The largest absolute Gasteiger partial charge is 0.466 e. The number of ketones is 1. The van der Waals surface area contributed by atoms with Crippen molar-refractivity contribution in [3.05, 3.63) is 53.2 Å². The van der Waals surface area contributed by atoms with Crippen molar-refractivity contribution in [1.82, 2.24) is 4.98 Å². The number of hydrogen-bond donors (Lipinski definition) is 1. The minimum atomic E-state index is -0.562. The number of Topliss-reactive ketones (excluding diaryl/α,β-unsaturated/α-hetero) is 1. The van der Waals surface area contributed by atoms with Gasteiger partial charge in [0, 0.05) is 5.69 Å². The fourth-order valence-corrected chi connectivity index (χ4v) is 2.00. The number of rotatable bonds is 6. The van der Waals surface area contributed by atoms with Crippen LogP contribution in [0.25, 0.3) is 0 Å². The first kappa shape index (κ1) is 16.0. The lowest BCUT2D eigenvalue weighted by molar-refractivity contribution is -0.141. The summed E-state index contributed by atoms with van der Waals surface area (Å²) >= 11 is 5.89. The summed E-state index contributed by atoms with van der Waals surface area (Å²) < 4.78 is 4.79. The third kappa shape index (κ3) is 4.30. The van der Waals surface area contributed by atoms with E-state index in [-0.39, 0.29) is 24.0 Å². The van der Waals surface area contributed by atoms with Gasteiger partial charge in [-0.2, -0.15) is 0 Å². The van der Waals surface area contributed by atoms with Gasteiger partial charge in [0.1, 0.15) is 17.4 Å². The Hall–Kier alpha value is -2.40. The summed E-state index contributed by atoms with van der Waals surface area (Å²) in [7, 11) is 0. The summed E-state index contributed by atoms with van der Waals surface area (Å²) in [6, 6.07) is 12.3. The number of para-hydroxylation sites is 1. The van der Waals surface area contributed by atoms with E-state index in [1.165, 1.54) is 6.07 Å². The molecule has 114 valence electrons. The fraction of sp³-hybridized carbons (Fsp3) is 0.188. The van der Waals surface area contributed by atoms with Gasteiger partial charge in [-0.1, -0.05) is 29.8 Å². The lowest BCUT2D eigenvalue weighted by Gasteiger charge is -2.10. The van der Waals surface area contributed by atoms with Crippen LogP contribution in [-0.2, 0) is 9.53 Å². The Morgan fingerprint density at radius 2 is 1.91 bits per heavy atom. The summed E-state index contributed by atoms with van der Waals surface area (Å²) in [5.41, 5.74) is 1.06. The highest BCUT2D eigenvalue weighted by molar-refractivity contribution is 6.29. The second-order valence-corrected chi connectivity index (χ2v) is 4.81. The van der Waals surface area contributed by atoms with Crippen LogP contribution in [0.15, 0.2) is 42.5 Å². The maximum Gasteiger partial charge on any atom is 0.313 e. The number of carbonyl (C=O) groups is 2. The molecule has 0 saturated carbocycles. The monoisotopic (exact) mass is 318 g/mol. The number of anilines is 2. The van der Waals surface area contributed by atoms with Crippen molar-refractivity contribution in [2.45, 2.75) is 13.3 Å². The number of ether oxygens (including phenoxy) is 1. The second kappa shape index (κ2) is 7.56. The lowest BCUT2D eigenvalue weighted by Crippen LogP contribution is -2.13. The van der Waals surface area contributed by atoms with E-state index < -0.39 is 5.97 Å². The first-order valence-corrected chi connectivity index (χ1v) is 7.15. The van der Waals surface area contributed by atoms with E-state index in [1.54, 1.807) is 13.0 Å². The van der Waals surface area contributed by atoms with Crippen molar-refractivity contribution in [2.24, 2.45) is 0 Å². The molecule has 22 heavy (non-hydrogen) atoms. The number of carbonyl (C=O) groups excluding carboxylic acids is 2. The number of benzene rings is 1. The average Bonchev–Trinajstić information content (AvgIpc) is 2.48. The summed E-state index contributed by atoms with van der Waals surface area (Å²) in [4.78, 5) is 27.8. The Bertz CT molecular complexity index is 674. The van der Waals surface area contributed by atoms with Crippen LogP contribution in [0.1, 0.15) is 23.7 Å². The van der Waals surface area contributed by atoms with Crippen molar-refractivity contribution in [3.63, 3.8) is 0 Å². The molecule has 1 N–H and O–H groups in total. The number of aromatic nitrogens is 1. The molecule has 1 heterocycles. The van der Waals surface area contributed by atoms with E-state index >= 15 is 0 Å². The van der Waals surface area contributed by atoms with E-state index in [4.69, 9.17) is 16.3 Å². The maximum atomic E-state index is 12.2. The zero-order valence-electron chi connectivity index (χ0n) is 12.0. The zero-order chi connectivity index (χ0) is 15.9. The predicted octanol–water partition coefficient (Wildman–Crippen LogP) is 3.61. The smallest absolute Gasteiger partial charge is 0.313 e. The van der Waals surface area contributed by atoms with Crippen molar-refractivity contribution in [2.75, 3.05) is 11.9 Å². The third-order valence-electron chi connectivity index (χ3n) is 2.81. The molecule has 5 nitrogen and oxygen atoms in total. The third-order valence-corrected chi connectivity index (χ3v) is 3.02. The molecule has 1 aromatic carbocycles. The van der Waals surface area contributed by atoms with Crippen LogP contribution in [-0.4, -0.2) is 23.3 Å². The molecule has 0 fully saturated rings. The van der Waals surface area contributed by atoms with Gasteiger partial charge in [-0.05, 0) is 31.2 Å². The van der Waals surface area contributed by atoms with Gasteiger partial charge in [0.05, 0.1) is 12.2 Å². The van der Waals surface area contributed by atoms with Crippen LogP contribution in [0, 0.1) is 0 Å². The van der Waals surface area contributed by atoms with E-state index in [9.17, 15) is 9.59 Å². The van der Waals surface area contributed by atoms with Crippen molar-refractivity contribution in [1.29, 1.82) is 0 Å². The molecule has 0 atom stereocenters. The molecule has 0 amide bonds. The van der Waals surface area contributed by atoms with Crippen LogP contribution < -0.4 is 5.32 Å². The first-order chi connectivity index (χ1) is 10.6. The van der Waals surface area contributed by atoms with Crippen LogP contribution in [0.2, 0.25) is 5.15 Å². The zero-order valence-corrected chi connectivity index (χ0v) is 12.8. The molecule has 0 aliphatic carbocycles. The van der Waals surface area contributed by atoms with E-state index in [1.807, 2.05) is 30.3 Å². The average molecular weight is 319 g/mol. The Kier molecular flexibility index (Phi) is 5.49. The van der Waals surface area contributed by atoms with Gasteiger partial charge in [-0.3, -0.25) is 9.59 Å². The molecule has 2 aromatic rings. The van der Waals surface area contributed by atoms with Gasteiger partial charge < -0.3 is 10.1 Å². The molecule has 0 saturated heterocycles. The molecular formula is C16H15ClN2O3. The standard InChI is InChI=1S/C16H15ClN2O3/c1-2-22-15(21)10-13(20)12-8-9-14(17)19-16(12)18-11-6-4-3-5-7-11/h3-9H,2,10H2,1H3,(H,18,19). The van der Waals surface area contributed by atoms with Gasteiger partial charge in [0.15, 0.2) is 5.78 Å². The quantitative estimate of drug-likeness (QED) is 0.381. The Labute approximate surface area is 133 Å².